The third kappa shape index (κ3) is 2.96. The molecule has 0 aliphatic carbocycles. The molecule has 1 N–H and O–H groups in total. The number of oxazole rings is 1. The fraction of sp³-hybridized carbons (Fsp3) is 0.0667. The fourth-order valence-electron chi connectivity index (χ4n) is 1.96. The summed E-state index contributed by atoms with van der Waals surface area (Å²) in [7, 11) is 0. The van der Waals surface area contributed by atoms with Crippen molar-refractivity contribution >= 4 is 34.5 Å². The van der Waals surface area contributed by atoms with E-state index in [1.54, 1.807) is 36.4 Å². The molecule has 0 aliphatic heterocycles. The first-order chi connectivity index (χ1) is 10.6. The van der Waals surface area contributed by atoms with E-state index in [1.807, 2.05) is 6.07 Å². The monoisotopic (exact) mass is 318 g/mol. The quantitative estimate of drug-likeness (QED) is 0.802. The Morgan fingerprint density at radius 2 is 2.00 bits per heavy atom. The highest BCUT2D eigenvalue weighted by Crippen LogP contribution is 2.18. The summed E-state index contributed by atoms with van der Waals surface area (Å²) in [5, 5.41) is 3.01. The van der Waals surface area contributed by atoms with Gasteiger partial charge in [-0.3, -0.25) is 5.32 Å². The van der Waals surface area contributed by atoms with Gasteiger partial charge in [-0.15, -0.1) is 0 Å². The first kappa shape index (κ1) is 14.2. The lowest BCUT2D eigenvalue weighted by Crippen LogP contribution is -2.21. The number of fused-ring (bicyclic) bond motifs is 1. The van der Waals surface area contributed by atoms with E-state index < -0.39 is 11.8 Å². The number of rotatable bonds is 3. The molecule has 3 rings (SSSR count). The number of carbonyl (C=O) groups excluding carboxylic acids is 1. The highest BCUT2D eigenvalue weighted by atomic mass is 35.5. The van der Waals surface area contributed by atoms with Crippen molar-refractivity contribution in [1.29, 1.82) is 0 Å². The minimum absolute atomic E-state index is 0.258. The second-order valence-corrected chi connectivity index (χ2v) is 4.90. The SMILES string of the molecule is O=C(Nc1ccccc1)OCn1c(=O)oc2cc(Cl)ccc21. The number of amides is 1. The Hall–Kier alpha value is -2.73. The first-order valence-corrected chi connectivity index (χ1v) is 6.79. The van der Waals surface area contributed by atoms with Crippen LogP contribution >= 0.6 is 11.6 Å². The summed E-state index contributed by atoms with van der Waals surface area (Å²) in [6, 6.07) is 13.6. The summed E-state index contributed by atoms with van der Waals surface area (Å²) in [5.74, 6) is -0.621. The lowest BCUT2D eigenvalue weighted by Gasteiger charge is -2.07. The number of hydrogen-bond donors (Lipinski definition) is 1. The third-order valence-corrected chi connectivity index (χ3v) is 3.21. The Morgan fingerprint density at radius 1 is 1.23 bits per heavy atom. The molecular weight excluding hydrogens is 308 g/mol. The van der Waals surface area contributed by atoms with Crippen LogP contribution in [0.2, 0.25) is 5.02 Å². The van der Waals surface area contributed by atoms with Crippen LogP contribution in [0.3, 0.4) is 0 Å². The van der Waals surface area contributed by atoms with Crippen LogP contribution in [0, 0.1) is 0 Å². The van der Waals surface area contributed by atoms with Gasteiger partial charge in [-0.05, 0) is 24.3 Å². The molecule has 0 unspecified atom stereocenters. The zero-order chi connectivity index (χ0) is 15.5. The van der Waals surface area contributed by atoms with Crippen molar-refractivity contribution in [3.63, 3.8) is 0 Å². The average molecular weight is 319 g/mol. The molecular formula is C15H11ClN2O4. The van der Waals surface area contributed by atoms with Crippen LogP contribution in [-0.2, 0) is 11.5 Å². The predicted octanol–water partition coefficient (Wildman–Crippen LogP) is 3.45. The minimum Gasteiger partial charge on any atom is -0.427 e. The van der Waals surface area contributed by atoms with E-state index in [0.29, 0.717) is 21.8 Å². The van der Waals surface area contributed by atoms with Gasteiger partial charge in [0.2, 0.25) is 0 Å². The maximum Gasteiger partial charge on any atom is 0.422 e. The van der Waals surface area contributed by atoms with E-state index >= 15 is 0 Å². The molecule has 0 spiro atoms. The molecule has 2 aromatic carbocycles. The van der Waals surface area contributed by atoms with Crippen molar-refractivity contribution in [2.75, 3.05) is 5.32 Å². The number of aromatic nitrogens is 1. The summed E-state index contributed by atoms with van der Waals surface area (Å²) < 4.78 is 11.3. The minimum atomic E-state index is -0.665. The second-order valence-electron chi connectivity index (χ2n) is 4.46. The zero-order valence-electron chi connectivity index (χ0n) is 11.3. The van der Waals surface area contributed by atoms with Gasteiger partial charge in [0.15, 0.2) is 12.3 Å². The molecule has 112 valence electrons. The van der Waals surface area contributed by atoms with E-state index in [4.69, 9.17) is 20.8 Å². The molecule has 1 amide bonds. The molecule has 0 bridgehead atoms. The second kappa shape index (κ2) is 5.95. The number of para-hydroxylation sites is 1. The fourth-order valence-corrected chi connectivity index (χ4v) is 2.12. The molecule has 0 atom stereocenters. The third-order valence-electron chi connectivity index (χ3n) is 2.98. The van der Waals surface area contributed by atoms with Crippen molar-refractivity contribution in [2.24, 2.45) is 0 Å². The van der Waals surface area contributed by atoms with Crippen molar-refractivity contribution in [1.82, 2.24) is 4.57 Å². The van der Waals surface area contributed by atoms with Crippen molar-refractivity contribution in [2.45, 2.75) is 6.73 Å². The summed E-state index contributed by atoms with van der Waals surface area (Å²) in [6.45, 7) is -0.258. The molecule has 0 fully saturated rings. The van der Waals surface area contributed by atoms with Gasteiger partial charge < -0.3 is 9.15 Å². The molecule has 3 aromatic rings. The summed E-state index contributed by atoms with van der Waals surface area (Å²) in [6.07, 6.45) is -0.665. The van der Waals surface area contributed by atoms with E-state index in [2.05, 4.69) is 5.32 Å². The number of nitrogens with zero attached hydrogens (tertiary/aromatic N) is 1. The van der Waals surface area contributed by atoms with Crippen LogP contribution in [-0.4, -0.2) is 10.7 Å². The zero-order valence-corrected chi connectivity index (χ0v) is 12.0. The summed E-state index contributed by atoms with van der Waals surface area (Å²) in [5.41, 5.74) is 1.44. The standard InChI is InChI=1S/C15H11ClN2O4/c16-10-6-7-12-13(8-10)22-15(20)18(12)9-21-14(19)17-11-4-2-1-3-5-11/h1-8H,9H2,(H,17,19). The number of ether oxygens (including phenoxy) is 1. The Morgan fingerprint density at radius 3 is 2.77 bits per heavy atom. The molecule has 0 saturated carbocycles. The van der Waals surface area contributed by atoms with Gasteiger partial charge in [-0.1, -0.05) is 29.8 Å². The highest BCUT2D eigenvalue weighted by molar-refractivity contribution is 6.31. The maximum absolute atomic E-state index is 11.8. The molecule has 1 aromatic heterocycles. The number of anilines is 1. The molecule has 0 aliphatic rings. The van der Waals surface area contributed by atoms with Gasteiger partial charge in [-0.25, -0.2) is 14.2 Å². The largest absolute Gasteiger partial charge is 0.427 e. The van der Waals surface area contributed by atoms with Gasteiger partial charge >= 0.3 is 11.8 Å². The van der Waals surface area contributed by atoms with Crippen LogP contribution < -0.4 is 11.1 Å². The normalized spacial score (nSPS) is 10.6. The van der Waals surface area contributed by atoms with Crippen LogP contribution in [0.25, 0.3) is 11.1 Å². The van der Waals surface area contributed by atoms with Gasteiger partial charge in [0.25, 0.3) is 0 Å². The first-order valence-electron chi connectivity index (χ1n) is 6.41. The Labute approximate surface area is 129 Å². The van der Waals surface area contributed by atoms with Crippen LogP contribution in [0.4, 0.5) is 10.5 Å². The van der Waals surface area contributed by atoms with Gasteiger partial charge in [0.05, 0.1) is 5.52 Å². The topological polar surface area (TPSA) is 73.5 Å². The molecule has 0 radical (unpaired) electrons. The summed E-state index contributed by atoms with van der Waals surface area (Å²) >= 11 is 5.83. The van der Waals surface area contributed by atoms with Crippen LogP contribution in [0.15, 0.2) is 57.7 Å². The van der Waals surface area contributed by atoms with Crippen molar-refractivity contribution < 1.29 is 13.9 Å². The van der Waals surface area contributed by atoms with E-state index in [1.165, 1.54) is 10.6 Å². The van der Waals surface area contributed by atoms with Crippen LogP contribution in [0.1, 0.15) is 0 Å². The molecule has 7 heteroatoms. The van der Waals surface area contributed by atoms with Gasteiger partial charge in [0, 0.05) is 16.8 Å². The number of benzene rings is 2. The summed E-state index contributed by atoms with van der Waals surface area (Å²) in [4.78, 5) is 23.5. The molecule has 0 saturated heterocycles. The highest BCUT2D eigenvalue weighted by Gasteiger charge is 2.11. The maximum atomic E-state index is 11.8. The number of hydrogen-bond acceptors (Lipinski definition) is 4. The molecule has 22 heavy (non-hydrogen) atoms. The lowest BCUT2D eigenvalue weighted by molar-refractivity contribution is 0.126. The van der Waals surface area contributed by atoms with E-state index in [9.17, 15) is 9.59 Å². The van der Waals surface area contributed by atoms with E-state index in [0.717, 1.165) is 0 Å². The number of nitrogens with one attached hydrogen (secondary N) is 1. The van der Waals surface area contributed by atoms with Crippen LogP contribution in [0.5, 0.6) is 0 Å². The smallest absolute Gasteiger partial charge is 0.422 e. The van der Waals surface area contributed by atoms with Gasteiger partial charge in [0.1, 0.15) is 0 Å². The number of halogens is 1. The van der Waals surface area contributed by atoms with Gasteiger partial charge in [-0.2, -0.15) is 0 Å². The van der Waals surface area contributed by atoms with Crippen molar-refractivity contribution in [3.05, 3.63) is 64.1 Å². The Kier molecular flexibility index (Phi) is 3.84. The lowest BCUT2D eigenvalue weighted by atomic mass is 10.3. The Bertz CT molecular complexity index is 870. The van der Waals surface area contributed by atoms with E-state index in [-0.39, 0.29) is 6.73 Å². The predicted molar refractivity (Wildman–Crippen MR) is 82.0 cm³/mol. The average Bonchev–Trinajstić information content (AvgIpc) is 2.80. The molecule has 6 nitrogen and oxygen atoms in total. The van der Waals surface area contributed by atoms with Crippen molar-refractivity contribution in [3.8, 4) is 0 Å². The Balaban J connectivity index is 1.73. The molecule has 1 heterocycles. The number of carbonyl (C=O) groups is 1.